The Balaban J connectivity index is 2.33. The standard InChI is InChI=1S/C13H7ClF3N3/c14-11-6-19-12-10(13(15,16)17)4-9(7-20(11)12)8-2-1-3-18-5-8/h1-7H. The van der Waals surface area contributed by atoms with Gasteiger partial charge in [0.1, 0.15) is 10.8 Å². The lowest BCUT2D eigenvalue weighted by Gasteiger charge is -2.11. The molecule has 0 aliphatic carbocycles. The van der Waals surface area contributed by atoms with E-state index in [0.717, 1.165) is 6.07 Å². The van der Waals surface area contributed by atoms with Crippen molar-refractivity contribution in [3.05, 3.63) is 53.7 Å². The van der Waals surface area contributed by atoms with Crippen LogP contribution in [0.1, 0.15) is 5.56 Å². The van der Waals surface area contributed by atoms with Crippen molar-refractivity contribution in [2.24, 2.45) is 0 Å². The minimum atomic E-state index is -4.51. The number of halogens is 4. The summed E-state index contributed by atoms with van der Waals surface area (Å²) in [6, 6.07) is 4.39. The summed E-state index contributed by atoms with van der Waals surface area (Å²) in [5.74, 6) is 0. The Bertz CT molecular complexity index is 766. The number of pyridine rings is 2. The van der Waals surface area contributed by atoms with Crippen molar-refractivity contribution in [3.8, 4) is 11.1 Å². The van der Waals surface area contributed by atoms with Gasteiger partial charge in [0.2, 0.25) is 0 Å². The highest BCUT2D eigenvalue weighted by atomic mass is 35.5. The van der Waals surface area contributed by atoms with Crippen LogP contribution >= 0.6 is 11.6 Å². The van der Waals surface area contributed by atoms with Crippen LogP contribution in [0.15, 0.2) is 43.0 Å². The van der Waals surface area contributed by atoms with Crippen molar-refractivity contribution in [2.45, 2.75) is 6.18 Å². The van der Waals surface area contributed by atoms with Gasteiger partial charge in [0, 0.05) is 29.7 Å². The van der Waals surface area contributed by atoms with Gasteiger partial charge < -0.3 is 0 Å². The summed E-state index contributed by atoms with van der Waals surface area (Å²) in [4.78, 5) is 7.62. The van der Waals surface area contributed by atoms with E-state index in [0.29, 0.717) is 11.1 Å². The maximum atomic E-state index is 13.1. The van der Waals surface area contributed by atoms with E-state index in [-0.39, 0.29) is 10.8 Å². The van der Waals surface area contributed by atoms with Crippen LogP contribution in [0, 0.1) is 0 Å². The lowest BCUT2D eigenvalue weighted by Crippen LogP contribution is -2.08. The molecular formula is C13H7ClF3N3. The predicted molar refractivity (Wildman–Crippen MR) is 68.4 cm³/mol. The quantitative estimate of drug-likeness (QED) is 0.678. The highest BCUT2D eigenvalue weighted by molar-refractivity contribution is 6.29. The molecule has 3 aromatic heterocycles. The van der Waals surface area contributed by atoms with Gasteiger partial charge in [-0.2, -0.15) is 13.2 Å². The fourth-order valence-corrected chi connectivity index (χ4v) is 2.14. The molecule has 0 aliphatic rings. The highest BCUT2D eigenvalue weighted by Gasteiger charge is 2.34. The summed E-state index contributed by atoms with van der Waals surface area (Å²) in [5, 5.41) is 0.122. The number of aromatic nitrogens is 3. The molecule has 0 atom stereocenters. The zero-order valence-corrected chi connectivity index (χ0v) is 10.7. The van der Waals surface area contributed by atoms with Crippen molar-refractivity contribution in [1.29, 1.82) is 0 Å². The smallest absolute Gasteiger partial charge is 0.289 e. The van der Waals surface area contributed by atoms with Crippen molar-refractivity contribution in [1.82, 2.24) is 14.4 Å². The number of alkyl halides is 3. The second kappa shape index (κ2) is 4.49. The number of imidazole rings is 1. The van der Waals surface area contributed by atoms with Crippen LogP contribution in [0.2, 0.25) is 5.15 Å². The first-order valence-corrected chi connectivity index (χ1v) is 5.99. The molecule has 102 valence electrons. The van der Waals surface area contributed by atoms with Crippen LogP contribution in [-0.4, -0.2) is 14.4 Å². The van der Waals surface area contributed by atoms with Gasteiger partial charge in [-0.1, -0.05) is 17.7 Å². The second-order valence-corrected chi connectivity index (χ2v) is 4.54. The molecule has 0 aliphatic heterocycles. The third-order valence-electron chi connectivity index (χ3n) is 2.86. The Morgan fingerprint density at radius 3 is 2.60 bits per heavy atom. The van der Waals surface area contributed by atoms with Crippen LogP contribution in [0.5, 0.6) is 0 Å². The minimum Gasteiger partial charge on any atom is -0.289 e. The average molecular weight is 298 g/mol. The first kappa shape index (κ1) is 12.9. The number of fused-ring (bicyclic) bond motifs is 1. The Morgan fingerprint density at radius 2 is 1.95 bits per heavy atom. The maximum Gasteiger partial charge on any atom is 0.420 e. The Morgan fingerprint density at radius 1 is 1.15 bits per heavy atom. The average Bonchev–Trinajstić information content (AvgIpc) is 2.79. The molecule has 7 heteroatoms. The van der Waals surface area contributed by atoms with Gasteiger partial charge >= 0.3 is 6.18 Å². The van der Waals surface area contributed by atoms with E-state index in [1.54, 1.807) is 18.3 Å². The van der Waals surface area contributed by atoms with E-state index >= 15 is 0 Å². The van der Waals surface area contributed by atoms with Gasteiger partial charge in [0.25, 0.3) is 0 Å². The van der Waals surface area contributed by atoms with Crippen molar-refractivity contribution in [3.63, 3.8) is 0 Å². The van der Waals surface area contributed by atoms with Crippen LogP contribution in [0.3, 0.4) is 0 Å². The summed E-state index contributed by atoms with van der Waals surface area (Å²) >= 11 is 5.87. The molecule has 0 unspecified atom stereocenters. The monoisotopic (exact) mass is 297 g/mol. The molecule has 3 rings (SSSR count). The molecule has 0 saturated heterocycles. The molecule has 3 heterocycles. The van der Waals surface area contributed by atoms with E-state index in [4.69, 9.17) is 11.6 Å². The predicted octanol–water partition coefficient (Wildman–Crippen LogP) is 4.07. The molecule has 0 fully saturated rings. The first-order valence-electron chi connectivity index (χ1n) is 5.61. The number of rotatable bonds is 1. The van der Waals surface area contributed by atoms with Crippen LogP contribution in [-0.2, 0) is 6.18 Å². The number of nitrogens with zero attached hydrogens (tertiary/aromatic N) is 3. The van der Waals surface area contributed by atoms with Crippen LogP contribution in [0.25, 0.3) is 16.8 Å². The number of hydrogen-bond acceptors (Lipinski definition) is 2. The fraction of sp³-hybridized carbons (Fsp3) is 0.0769. The highest BCUT2D eigenvalue weighted by Crippen LogP contribution is 2.35. The molecule has 0 spiro atoms. The van der Waals surface area contributed by atoms with E-state index < -0.39 is 11.7 Å². The van der Waals surface area contributed by atoms with Crippen molar-refractivity contribution < 1.29 is 13.2 Å². The SMILES string of the molecule is FC(F)(F)c1cc(-c2cccnc2)cn2c(Cl)cnc12. The largest absolute Gasteiger partial charge is 0.420 e. The summed E-state index contributed by atoms with van der Waals surface area (Å²) in [6.45, 7) is 0. The van der Waals surface area contributed by atoms with Gasteiger partial charge in [-0.05, 0) is 12.1 Å². The number of hydrogen-bond donors (Lipinski definition) is 0. The minimum absolute atomic E-state index is 0.122. The molecule has 0 bridgehead atoms. The topological polar surface area (TPSA) is 30.2 Å². The van der Waals surface area contributed by atoms with E-state index in [1.807, 2.05) is 0 Å². The molecular weight excluding hydrogens is 291 g/mol. The zero-order valence-electron chi connectivity index (χ0n) is 9.89. The molecule has 0 aromatic carbocycles. The molecule has 0 radical (unpaired) electrons. The molecule has 20 heavy (non-hydrogen) atoms. The van der Waals surface area contributed by atoms with Gasteiger partial charge in [-0.15, -0.1) is 0 Å². The molecule has 0 saturated carbocycles. The molecule has 0 N–H and O–H groups in total. The first-order chi connectivity index (χ1) is 9.47. The van der Waals surface area contributed by atoms with Crippen LogP contribution < -0.4 is 0 Å². The molecule has 3 nitrogen and oxygen atoms in total. The Labute approximate surface area is 116 Å². The zero-order chi connectivity index (χ0) is 14.3. The maximum absolute atomic E-state index is 13.1. The summed E-state index contributed by atoms with van der Waals surface area (Å²) in [6.07, 6.45) is 1.24. The van der Waals surface area contributed by atoms with E-state index in [2.05, 4.69) is 9.97 Å². The summed E-state index contributed by atoms with van der Waals surface area (Å²) in [5.41, 5.74) is -0.0941. The third kappa shape index (κ3) is 2.12. The van der Waals surface area contributed by atoms with Gasteiger partial charge in [0.15, 0.2) is 0 Å². The fourth-order valence-electron chi connectivity index (χ4n) is 1.96. The lowest BCUT2D eigenvalue weighted by atomic mass is 10.1. The van der Waals surface area contributed by atoms with Crippen molar-refractivity contribution >= 4 is 17.2 Å². The van der Waals surface area contributed by atoms with Crippen molar-refractivity contribution in [2.75, 3.05) is 0 Å². The van der Waals surface area contributed by atoms with Gasteiger partial charge in [-0.3, -0.25) is 9.38 Å². The lowest BCUT2D eigenvalue weighted by molar-refractivity contribution is -0.136. The summed E-state index contributed by atoms with van der Waals surface area (Å²) < 4.78 is 40.5. The van der Waals surface area contributed by atoms with Crippen LogP contribution in [0.4, 0.5) is 13.2 Å². The van der Waals surface area contributed by atoms with Gasteiger partial charge in [-0.25, -0.2) is 4.98 Å². The normalized spacial score (nSPS) is 12.0. The van der Waals surface area contributed by atoms with E-state index in [1.165, 1.54) is 23.0 Å². The molecule has 3 aromatic rings. The van der Waals surface area contributed by atoms with E-state index in [9.17, 15) is 13.2 Å². The summed E-state index contributed by atoms with van der Waals surface area (Å²) in [7, 11) is 0. The van der Waals surface area contributed by atoms with Gasteiger partial charge in [0.05, 0.1) is 11.8 Å². The third-order valence-corrected chi connectivity index (χ3v) is 3.14. The Hall–Kier alpha value is -2.08. The Kier molecular flexibility index (Phi) is 2.90. The second-order valence-electron chi connectivity index (χ2n) is 4.16. The molecule has 0 amide bonds.